The molecule has 2 bridgehead atoms. The van der Waals surface area contributed by atoms with Crippen molar-refractivity contribution in [1.82, 2.24) is 5.32 Å². The van der Waals surface area contributed by atoms with Gasteiger partial charge in [-0.15, -0.1) is 0 Å². The van der Waals surface area contributed by atoms with Crippen molar-refractivity contribution in [2.24, 2.45) is 11.8 Å². The fourth-order valence-corrected chi connectivity index (χ4v) is 3.75. The fraction of sp³-hybridized carbons (Fsp3) is 0.533. The van der Waals surface area contributed by atoms with Gasteiger partial charge in [0.15, 0.2) is 5.11 Å². The van der Waals surface area contributed by atoms with Crippen LogP contribution in [-0.2, 0) is 0 Å². The molecule has 3 atom stereocenters. The molecule has 3 rings (SSSR count). The summed E-state index contributed by atoms with van der Waals surface area (Å²) < 4.78 is 0. The van der Waals surface area contributed by atoms with Crippen molar-refractivity contribution < 1.29 is 0 Å². The molecule has 0 radical (unpaired) electrons. The molecular formula is C15H20N2S. The maximum Gasteiger partial charge on any atom is 0.171 e. The smallest absolute Gasteiger partial charge is 0.171 e. The molecule has 1 aromatic rings. The Hall–Kier alpha value is -1.09. The van der Waals surface area contributed by atoms with Gasteiger partial charge in [-0.1, -0.05) is 18.6 Å². The maximum absolute atomic E-state index is 5.41. The first-order chi connectivity index (χ1) is 8.70. The third-order valence-corrected chi connectivity index (χ3v) is 4.55. The lowest BCUT2D eigenvalue weighted by Crippen LogP contribution is -2.40. The molecule has 0 heterocycles. The van der Waals surface area contributed by atoms with E-state index in [2.05, 4.69) is 41.8 Å². The van der Waals surface area contributed by atoms with Crippen molar-refractivity contribution in [3.8, 4) is 0 Å². The predicted molar refractivity (Wildman–Crippen MR) is 79.8 cm³/mol. The number of anilines is 1. The first kappa shape index (κ1) is 12.0. The second-order valence-corrected chi connectivity index (χ2v) is 6.16. The molecule has 3 heteroatoms. The van der Waals surface area contributed by atoms with E-state index in [4.69, 9.17) is 12.2 Å². The molecule has 2 N–H and O–H groups in total. The van der Waals surface area contributed by atoms with Gasteiger partial charge in [-0.25, -0.2) is 0 Å². The standard InChI is InChI=1S/C15H20N2S/c1-10-3-2-4-13(7-10)16-15(18)17-14-9-11-5-6-12(14)8-11/h2-4,7,11-12,14H,5-6,8-9H2,1H3,(H2,16,17,18)/t11-,12+,14+/m0/s1. The second-order valence-electron chi connectivity index (χ2n) is 5.75. The van der Waals surface area contributed by atoms with E-state index in [9.17, 15) is 0 Å². The zero-order chi connectivity index (χ0) is 12.5. The Morgan fingerprint density at radius 2 is 2.17 bits per heavy atom. The molecule has 96 valence electrons. The van der Waals surface area contributed by atoms with E-state index < -0.39 is 0 Å². The minimum atomic E-state index is 0.605. The third kappa shape index (κ3) is 2.51. The highest BCUT2D eigenvalue weighted by atomic mass is 32.1. The topological polar surface area (TPSA) is 24.1 Å². The van der Waals surface area contributed by atoms with E-state index in [-0.39, 0.29) is 0 Å². The van der Waals surface area contributed by atoms with Gasteiger partial charge >= 0.3 is 0 Å². The van der Waals surface area contributed by atoms with Crippen LogP contribution >= 0.6 is 12.2 Å². The first-order valence-corrected chi connectivity index (χ1v) is 7.26. The molecule has 1 aromatic carbocycles. The average Bonchev–Trinajstić information content (AvgIpc) is 2.90. The van der Waals surface area contributed by atoms with Crippen LogP contribution < -0.4 is 10.6 Å². The molecule has 0 unspecified atom stereocenters. The number of hydrogen-bond acceptors (Lipinski definition) is 1. The Morgan fingerprint density at radius 3 is 2.83 bits per heavy atom. The first-order valence-electron chi connectivity index (χ1n) is 6.85. The summed E-state index contributed by atoms with van der Waals surface area (Å²) in [5.74, 6) is 1.81. The molecule has 0 spiro atoms. The van der Waals surface area contributed by atoms with Gasteiger partial charge in [0.05, 0.1) is 0 Å². The average molecular weight is 260 g/mol. The summed E-state index contributed by atoms with van der Waals surface area (Å²) in [6.07, 6.45) is 5.53. The Bertz CT molecular complexity index is 458. The van der Waals surface area contributed by atoms with E-state index in [0.29, 0.717) is 6.04 Å². The van der Waals surface area contributed by atoms with Gasteiger partial charge in [-0.2, -0.15) is 0 Å². The Balaban J connectivity index is 1.56. The summed E-state index contributed by atoms with van der Waals surface area (Å²) in [4.78, 5) is 0. The van der Waals surface area contributed by atoms with E-state index in [1.807, 2.05) is 0 Å². The summed E-state index contributed by atoms with van der Waals surface area (Å²) in [6, 6.07) is 8.93. The van der Waals surface area contributed by atoms with Crippen LogP contribution in [0.3, 0.4) is 0 Å². The number of nitrogens with one attached hydrogen (secondary N) is 2. The molecule has 0 aliphatic heterocycles. The Kier molecular flexibility index (Phi) is 3.25. The van der Waals surface area contributed by atoms with Crippen LogP contribution in [0.15, 0.2) is 24.3 Å². The van der Waals surface area contributed by atoms with Gasteiger partial charge in [-0.05, 0) is 67.9 Å². The van der Waals surface area contributed by atoms with E-state index in [1.165, 1.54) is 31.2 Å². The predicted octanol–water partition coefficient (Wildman–Crippen LogP) is 3.47. The van der Waals surface area contributed by atoms with Gasteiger partial charge in [0.2, 0.25) is 0 Å². The minimum Gasteiger partial charge on any atom is -0.359 e. The minimum absolute atomic E-state index is 0.605. The normalized spacial score (nSPS) is 29.3. The van der Waals surface area contributed by atoms with Crippen molar-refractivity contribution >= 4 is 23.0 Å². The number of fused-ring (bicyclic) bond motifs is 2. The summed E-state index contributed by atoms with van der Waals surface area (Å²) in [6.45, 7) is 2.09. The molecule has 2 saturated carbocycles. The molecule has 2 aliphatic rings. The van der Waals surface area contributed by atoms with E-state index in [1.54, 1.807) is 0 Å². The van der Waals surface area contributed by atoms with Gasteiger partial charge < -0.3 is 10.6 Å². The third-order valence-electron chi connectivity index (χ3n) is 4.33. The van der Waals surface area contributed by atoms with Crippen molar-refractivity contribution in [3.05, 3.63) is 29.8 Å². The second kappa shape index (κ2) is 4.88. The molecule has 0 amide bonds. The van der Waals surface area contributed by atoms with Crippen molar-refractivity contribution in [1.29, 1.82) is 0 Å². The number of thiocarbonyl (C=S) groups is 1. The van der Waals surface area contributed by atoms with Crippen LogP contribution in [0.1, 0.15) is 31.2 Å². The highest BCUT2D eigenvalue weighted by molar-refractivity contribution is 7.80. The highest BCUT2D eigenvalue weighted by Crippen LogP contribution is 2.44. The Labute approximate surface area is 114 Å². The number of aryl methyl sites for hydroxylation is 1. The van der Waals surface area contributed by atoms with Gasteiger partial charge in [-0.3, -0.25) is 0 Å². The highest BCUT2D eigenvalue weighted by Gasteiger charge is 2.39. The zero-order valence-electron chi connectivity index (χ0n) is 10.8. The lowest BCUT2D eigenvalue weighted by molar-refractivity contribution is 0.392. The van der Waals surface area contributed by atoms with Crippen molar-refractivity contribution in [2.45, 2.75) is 38.6 Å². The van der Waals surface area contributed by atoms with Gasteiger partial charge in [0, 0.05) is 11.7 Å². The monoisotopic (exact) mass is 260 g/mol. The fourth-order valence-electron chi connectivity index (χ4n) is 3.48. The lowest BCUT2D eigenvalue weighted by atomic mass is 9.96. The summed E-state index contributed by atoms with van der Waals surface area (Å²) in [5, 5.41) is 7.56. The van der Waals surface area contributed by atoms with Crippen LogP contribution in [0.2, 0.25) is 0 Å². The molecule has 18 heavy (non-hydrogen) atoms. The van der Waals surface area contributed by atoms with Crippen LogP contribution in [0.25, 0.3) is 0 Å². The summed E-state index contributed by atoms with van der Waals surface area (Å²) in [7, 11) is 0. The summed E-state index contributed by atoms with van der Waals surface area (Å²) in [5.41, 5.74) is 2.33. The molecular weight excluding hydrogens is 240 g/mol. The van der Waals surface area contributed by atoms with Crippen LogP contribution in [0.5, 0.6) is 0 Å². The Morgan fingerprint density at radius 1 is 1.28 bits per heavy atom. The molecule has 2 aliphatic carbocycles. The maximum atomic E-state index is 5.41. The number of benzene rings is 1. The van der Waals surface area contributed by atoms with Gasteiger partial charge in [0.25, 0.3) is 0 Å². The van der Waals surface area contributed by atoms with E-state index in [0.717, 1.165) is 22.6 Å². The van der Waals surface area contributed by atoms with E-state index >= 15 is 0 Å². The molecule has 0 aromatic heterocycles. The summed E-state index contributed by atoms with van der Waals surface area (Å²) >= 11 is 5.41. The van der Waals surface area contributed by atoms with Crippen molar-refractivity contribution in [3.63, 3.8) is 0 Å². The molecule has 0 saturated heterocycles. The quantitative estimate of drug-likeness (QED) is 0.796. The largest absolute Gasteiger partial charge is 0.359 e. The van der Waals surface area contributed by atoms with Crippen LogP contribution in [0.4, 0.5) is 5.69 Å². The number of hydrogen-bond donors (Lipinski definition) is 2. The SMILES string of the molecule is Cc1cccc(NC(=S)N[C@@H]2C[C@H]3CC[C@@H]2C3)c1. The molecule has 2 fully saturated rings. The molecule has 2 nitrogen and oxygen atoms in total. The van der Waals surface area contributed by atoms with Gasteiger partial charge in [0.1, 0.15) is 0 Å². The zero-order valence-corrected chi connectivity index (χ0v) is 11.6. The van der Waals surface area contributed by atoms with Crippen LogP contribution in [-0.4, -0.2) is 11.2 Å². The number of rotatable bonds is 2. The van der Waals surface area contributed by atoms with Crippen molar-refractivity contribution in [2.75, 3.05) is 5.32 Å². The lowest BCUT2D eigenvalue weighted by Gasteiger charge is -2.24. The van der Waals surface area contributed by atoms with Crippen LogP contribution in [0, 0.1) is 18.8 Å².